The van der Waals surface area contributed by atoms with Crippen molar-refractivity contribution >= 4 is 33.7 Å². The molecule has 1 heterocycles. The van der Waals surface area contributed by atoms with Crippen molar-refractivity contribution in [1.29, 1.82) is 0 Å². The Labute approximate surface area is 305 Å². The summed E-state index contributed by atoms with van der Waals surface area (Å²) in [6.07, 6.45) is -0.376. The number of amides is 2. The minimum absolute atomic E-state index is 0.0299. The number of halogens is 1. The molecule has 1 unspecified atom stereocenters. The topological polar surface area (TPSA) is 177 Å². The summed E-state index contributed by atoms with van der Waals surface area (Å²) in [5.41, 5.74) is 0.749. The minimum Gasteiger partial charge on any atom is -0.443 e. The second-order valence-electron chi connectivity index (χ2n) is 15.5. The quantitative estimate of drug-likeness (QED) is 0.173. The zero-order valence-electron chi connectivity index (χ0n) is 30.6. The number of nitrogens with one attached hydrogen (secondary N) is 2. The zero-order chi connectivity index (χ0) is 38.4. The van der Waals surface area contributed by atoms with E-state index in [4.69, 9.17) is 4.74 Å². The van der Waals surface area contributed by atoms with Gasteiger partial charge in [0.25, 0.3) is 0 Å². The van der Waals surface area contributed by atoms with Crippen LogP contribution in [-0.4, -0.2) is 80.4 Å². The number of imidazole rings is 1. The summed E-state index contributed by atoms with van der Waals surface area (Å²) in [6, 6.07) is 13.8. The number of benzene rings is 2. The molecule has 1 fully saturated rings. The molecule has 2 aromatic carbocycles. The number of hydrogen-bond acceptors (Lipinski definition) is 9. The molecule has 4 N–H and O–H groups in total. The molecule has 14 heteroatoms. The number of ether oxygens (including phenoxy) is 1. The summed E-state index contributed by atoms with van der Waals surface area (Å²) in [4.78, 5) is 44.9. The number of nitrogens with zero attached hydrogens (tertiary/aromatic N) is 2. The Morgan fingerprint density at radius 2 is 1.60 bits per heavy atom. The lowest BCUT2D eigenvalue weighted by Gasteiger charge is -2.30. The smallest absolute Gasteiger partial charge is 0.421 e. The predicted octanol–water partition coefficient (Wildman–Crippen LogP) is 4.61. The first-order valence-electron chi connectivity index (χ1n) is 17.5. The first kappa shape index (κ1) is 40.6. The molecule has 1 saturated carbocycles. The van der Waals surface area contributed by atoms with Crippen molar-refractivity contribution in [2.75, 3.05) is 11.1 Å². The monoisotopic (exact) mass is 742 g/mol. The van der Waals surface area contributed by atoms with E-state index in [2.05, 4.69) is 15.6 Å². The van der Waals surface area contributed by atoms with Gasteiger partial charge in [0.1, 0.15) is 17.5 Å². The minimum atomic E-state index is -3.91. The van der Waals surface area contributed by atoms with E-state index in [1.807, 2.05) is 30.3 Å². The number of sulfone groups is 1. The Bertz CT molecular complexity index is 1800. The Balaban J connectivity index is 1.64. The first-order chi connectivity index (χ1) is 24.2. The van der Waals surface area contributed by atoms with Crippen molar-refractivity contribution in [2.45, 2.75) is 109 Å². The molecular weight excluding hydrogens is 692 g/mol. The van der Waals surface area contributed by atoms with Crippen molar-refractivity contribution in [3.63, 3.8) is 0 Å². The van der Waals surface area contributed by atoms with Gasteiger partial charge in [0.15, 0.2) is 9.84 Å². The number of rotatable bonds is 15. The second-order valence-corrected chi connectivity index (χ2v) is 18.3. The van der Waals surface area contributed by atoms with E-state index >= 15 is 0 Å². The van der Waals surface area contributed by atoms with Crippen molar-refractivity contribution in [2.24, 2.45) is 11.8 Å². The van der Waals surface area contributed by atoms with Crippen LogP contribution in [0.2, 0.25) is 0 Å². The van der Waals surface area contributed by atoms with E-state index in [1.165, 1.54) is 51.2 Å². The summed E-state index contributed by atoms with van der Waals surface area (Å²) in [6.45, 7) is 9.58. The number of anilines is 1. The fourth-order valence-electron chi connectivity index (χ4n) is 5.54. The molecule has 0 saturated heterocycles. The maximum atomic E-state index is 14.1. The molecule has 52 heavy (non-hydrogen) atoms. The Hall–Kier alpha value is -4.14. The fraction of sp³-hybridized carbons (Fsp3) is 0.526. The second kappa shape index (κ2) is 16.7. The lowest BCUT2D eigenvalue weighted by molar-refractivity contribution is -0.127. The third-order valence-electron chi connectivity index (χ3n) is 8.82. The number of aliphatic hydroxyl groups excluding tert-OH is 2. The van der Waals surface area contributed by atoms with Gasteiger partial charge in [-0.25, -0.2) is 27.2 Å². The van der Waals surface area contributed by atoms with E-state index in [9.17, 15) is 37.4 Å². The van der Waals surface area contributed by atoms with Crippen molar-refractivity contribution < 1.29 is 42.1 Å². The highest BCUT2D eigenvalue weighted by atomic mass is 32.2. The van der Waals surface area contributed by atoms with Gasteiger partial charge in [0.2, 0.25) is 17.8 Å². The number of aromatic nitrogens is 2. The highest BCUT2D eigenvalue weighted by molar-refractivity contribution is 7.92. The van der Waals surface area contributed by atoms with Crippen molar-refractivity contribution in [3.05, 3.63) is 83.4 Å². The number of hydrogen-bond donors (Lipinski definition) is 4. The Morgan fingerprint density at radius 3 is 2.17 bits per heavy atom. The summed E-state index contributed by atoms with van der Waals surface area (Å²) in [7, 11) is -3.91. The third kappa shape index (κ3) is 11.7. The van der Waals surface area contributed by atoms with Gasteiger partial charge in [-0.15, -0.1) is 0 Å². The van der Waals surface area contributed by atoms with Gasteiger partial charge in [0, 0.05) is 19.0 Å². The molecule has 3 aromatic rings. The third-order valence-corrected chi connectivity index (χ3v) is 11.5. The average molecular weight is 743 g/mol. The highest BCUT2D eigenvalue weighted by Crippen LogP contribution is 2.35. The molecule has 284 valence electrons. The van der Waals surface area contributed by atoms with Gasteiger partial charge in [-0.1, -0.05) is 42.5 Å². The van der Waals surface area contributed by atoms with Gasteiger partial charge < -0.3 is 20.3 Å². The van der Waals surface area contributed by atoms with Gasteiger partial charge >= 0.3 is 6.09 Å². The standard InChI is InChI=1S/C38H51FN4O8S/c1-37(2,3)51-36(48)43-22-29(40-35(43)42-31(44)19-14-24-10-8-7-9-11-24)21-27(23-52(49,50)38(4,5)6)34(47)41-30(33(46)32(45)26-15-16-26)20-25-12-17-28(39)18-13-25/h7-13,17-18,22,26-27,30,32-33,45-46H,14-16,19-21,23H2,1-6H3,(H,41,47)(H,40,42,44)/t27?,30-,32-,33+/m0/s1. The Morgan fingerprint density at radius 1 is 0.962 bits per heavy atom. The van der Waals surface area contributed by atoms with Gasteiger partial charge in [0.05, 0.1) is 34.3 Å². The molecule has 12 nitrogen and oxygen atoms in total. The van der Waals surface area contributed by atoms with E-state index in [0.717, 1.165) is 10.1 Å². The van der Waals surface area contributed by atoms with Crippen LogP contribution in [0, 0.1) is 17.7 Å². The summed E-state index contributed by atoms with van der Waals surface area (Å²) in [5, 5.41) is 27.5. The van der Waals surface area contributed by atoms with Crippen LogP contribution in [0.25, 0.3) is 0 Å². The van der Waals surface area contributed by atoms with Gasteiger partial charge in [-0.05, 0) is 96.4 Å². The largest absolute Gasteiger partial charge is 0.443 e. The van der Waals surface area contributed by atoms with Crippen LogP contribution in [0.5, 0.6) is 0 Å². The van der Waals surface area contributed by atoms with Crippen LogP contribution in [-0.2, 0) is 43.4 Å². The molecule has 4 rings (SSSR count). The maximum absolute atomic E-state index is 14.1. The predicted molar refractivity (Wildman–Crippen MR) is 195 cm³/mol. The molecule has 1 aromatic heterocycles. The zero-order valence-corrected chi connectivity index (χ0v) is 31.5. The van der Waals surface area contributed by atoms with Crippen LogP contribution >= 0.6 is 0 Å². The number of carbonyl (C=O) groups excluding carboxylic acids is 3. The van der Waals surface area contributed by atoms with Crippen LogP contribution in [0.3, 0.4) is 0 Å². The molecule has 2 amide bonds. The maximum Gasteiger partial charge on any atom is 0.421 e. The van der Waals surface area contributed by atoms with Gasteiger partial charge in [-0.3, -0.25) is 14.9 Å². The normalized spacial score (nSPS) is 16.0. The molecule has 0 spiro atoms. The van der Waals surface area contributed by atoms with E-state index in [0.29, 0.717) is 24.8 Å². The highest BCUT2D eigenvalue weighted by Gasteiger charge is 2.40. The van der Waals surface area contributed by atoms with Crippen LogP contribution in [0.4, 0.5) is 15.1 Å². The van der Waals surface area contributed by atoms with E-state index in [1.54, 1.807) is 20.8 Å². The van der Waals surface area contributed by atoms with Crippen molar-refractivity contribution in [1.82, 2.24) is 14.9 Å². The summed E-state index contributed by atoms with van der Waals surface area (Å²) < 4.78 is 46.0. The van der Waals surface area contributed by atoms with E-state index < -0.39 is 73.8 Å². The van der Waals surface area contributed by atoms with E-state index in [-0.39, 0.29) is 36.8 Å². The van der Waals surface area contributed by atoms with Crippen LogP contribution < -0.4 is 10.6 Å². The summed E-state index contributed by atoms with van der Waals surface area (Å²) in [5.74, 6) is -3.80. The van der Waals surface area contributed by atoms with Crippen LogP contribution in [0.1, 0.15) is 77.6 Å². The summed E-state index contributed by atoms with van der Waals surface area (Å²) >= 11 is 0. The van der Waals surface area contributed by atoms with Gasteiger partial charge in [-0.2, -0.15) is 0 Å². The number of aryl methyl sites for hydroxylation is 1. The lowest BCUT2D eigenvalue weighted by atomic mass is 9.94. The molecule has 0 bridgehead atoms. The molecule has 0 radical (unpaired) electrons. The molecule has 1 aliphatic rings. The first-order valence-corrected chi connectivity index (χ1v) is 19.2. The lowest BCUT2D eigenvalue weighted by Crippen LogP contribution is -2.53. The molecular formula is C38H51FN4O8S. The van der Waals surface area contributed by atoms with Crippen molar-refractivity contribution in [3.8, 4) is 0 Å². The molecule has 4 atom stereocenters. The van der Waals surface area contributed by atoms with Crippen LogP contribution in [0.15, 0.2) is 60.8 Å². The molecule has 1 aliphatic carbocycles. The fourth-order valence-corrected chi connectivity index (χ4v) is 6.84. The average Bonchev–Trinajstić information content (AvgIpc) is 3.83. The molecule has 0 aliphatic heterocycles. The SMILES string of the molecule is CC(C)(C)OC(=O)n1cc(CC(CS(=O)(=O)C(C)(C)C)C(=O)N[C@@H](Cc2ccc(F)cc2)[C@@H](O)[C@@H](O)C2CC2)nc1NC(=O)CCc1ccccc1. The number of aliphatic hydroxyl groups is 2. The number of carbonyl (C=O) groups is 3. The Kier molecular flexibility index (Phi) is 13.0.